The summed E-state index contributed by atoms with van der Waals surface area (Å²) in [5.41, 5.74) is 2.23. The largest absolute Gasteiger partial charge is 0.412 e. The van der Waals surface area contributed by atoms with Gasteiger partial charge >= 0.3 is 0 Å². The molecule has 0 bridgehead atoms. The van der Waals surface area contributed by atoms with Crippen molar-refractivity contribution in [1.29, 1.82) is 0 Å². The normalized spacial score (nSPS) is 11.6. The minimum Gasteiger partial charge on any atom is -0.412 e. The molecule has 1 unspecified atom stereocenters. The Kier molecular flexibility index (Phi) is 7.97. The molecule has 1 amide bonds. The second kappa shape index (κ2) is 9.74. The van der Waals surface area contributed by atoms with Crippen molar-refractivity contribution in [2.45, 2.75) is 25.0 Å². The van der Waals surface area contributed by atoms with Gasteiger partial charge in [0.1, 0.15) is 0 Å². The Bertz CT molecular complexity index is 533. The first-order chi connectivity index (χ1) is 10.7. The van der Waals surface area contributed by atoms with Gasteiger partial charge in [0.2, 0.25) is 0 Å². The van der Waals surface area contributed by atoms with E-state index in [9.17, 15) is 9.90 Å². The average Bonchev–Trinajstić information content (AvgIpc) is 2.55. The maximum atomic E-state index is 11.8. The number of aliphatic hydroxyl groups excluding tert-OH is 2. The molecule has 124 valence electrons. The van der Waals surface area contributed by atoms with E-state index in [2.05, 4.69) is 5.32 Å². The second-order valence-electron chi connectivity index (χ2n) is 5.28. The van der Waals surface area contributed by atoms with Gasteiger partial charge in [-0.2, -0.15) is 0 Å². The van der Waals surface area contributed by atoms with Crippen molar-refractivity contribution in [1.82, 2.24) is 5.32 Å². The van der Waals surface area contributed by atoms with E-state index < -0.39 is 18.6 Å². The molecule has 5 N–H and O–H groups in total. The molecule has 0 fully saturated rings. The van der Waals surface area contributed by atoms with Gasteiger partial charge in [-0.1, -0.05) is 60.7 Å². The minimum atomic E-state index is -1.38. The minimum absolute atomic E-state index is 0. The highest BCUT2D eigenvalue weighted by Gasteiger charge is 2.19. The van der Waals surface area contributed by atoms with Crippen molar-refractivity contribution < 1.29 is 20.5 Å². The van der Waals surface area contributed by atoms with Gasteiger partial charge in [0, 0.05) is 6.04 Å². The molecule has 0 radical (unpaired) electrons. The number of hydrogen-bond donors (Lipinski definition) is 3. The predicted octanol–water partition coefficient (Wildman–Crippen LogP) is 0.485. The lowest BCUT2D eigenvalue weighted by molar-refractivity contribution is -0.131. The number of carbonyl (C=O) groups is 1. The number of nitrogens with one attached hydrogen (secondary N) is 1. The molecule has 23 heavy (non-hydrogen) atoms. The number of benzene rings is 2. The molecule has 2 rings (SSSR count). The van der Waals surface area contributed by atoms with Gasteiger partial charge in [-0.3, -0.25) is 4.79 Å². The van der Waals surface area contributed by atoms with Crippen LogP contribution in [-0.4, -0.2) is 40.3 Å². The molecule has 2 aromatic carbocycles. The Morgan fingerprint density at radius 3 is 1.74 bits per heavy atom. The van der Waals surface area contributed by atoms with Crippen LogP contribution in [0.15, 0.2) is 60.7 Å². The number of rotatable bonds is 7. The van der Waals surface area contributed by atoms with Gasteiger partial charge in [-0.05, 0) is 24.0 Å². The quantitative estimate of drug-likeness (QED) is 0.692. The van der Waals surface area contributed by atoms with Crippen molar-refractivity contribution >= 4 is 5.91 Å². The van der Waals surface area contributed by atoms with E-state index >= 15 is 0 Å². The third kappa shape index (κ3) is 6.20. The van der Waals surface area contributed by atoms with E-state index in [1.165, 1.54) is 0 Å². The van der Waals surface area contributed by atoms with Gasteiger partial charge in [-0.15, -0.1) is 0 Å². The summed E-state index contributed by atoms with van der Waals surface area (Å²) in [6.07, 6.45) is -0.0479. The van der Waals surface area contributed by atoms with Crippen molar-refractivity contribution in [2.24, 2.45) is 0 Å². The first-order valence-corrected chi connectivity index (χ1v) is 7.36. The summed E-state index contributed by atoms with van der Waals surface area (Å²) >= 11 is 0. The number of carbonyl (C=O) groups excluding carboxylic acids is 1. The molecule has 5 heteroatoms. The molecule has 2 aromatic rings. The van der Waals surface area contributed by atoms with Gasteiger partial charge < -0.3 is 21.0 Å². The SMILES string of the molecule is O.O=C(NC(Cc1ccccc1)Cc1ccccc1)C(O)CO. The maximum Gasteiger partial charge on any atom is 0.251 e. The van der Waals surface area contributed by atoms with E-state index in [4.69, 9.17) is 5.11 Å². The van der Waals surface area contributed by atoms with Gasteiger partial charge in [0.25, 0.3) is 5.91 Å². The van der Waals surface area contributed by atoms with Crippen LogP contribution in [0.2, 0.25) is 0 Å². The molecular formula is C18H23NO4. The van der Waals surface area contributed by atoms with E-state index in [1.54, 1.807) is 0 Å². The van der Waals surface area contributed by atoms with Crippen LogP contribution in [0.3, 0.4) is 0 Å². The van der Waals surface area contributed by atoms with Crippen LogP contribution in [-0.2, 0) is 17.6 Å². The highest BCUT2D eigenvalue weighted by atomic mass is 16.3. The van der Waals surface area contributed by atoms with Gasteiger partial charge in [-0.25, -0.2) is 0 Å². The summed E-state index contributed by atoms with van der Waals surface area (Å²) in [5.74, 6) is -0.542. The van der Waals surface area contributed by atoms with Crippen LogP contribution in [0.25, 0.3) is 0 Å². The third-order valence-electron chi connectivity index (χ3n) is 3.47. The van der Waals surface area contributed by atoms with E-state index in [-0.39, 0.29) is 11.5 Å². The molecule has 0 aliphatic heterocycles. The van der Waals surface area contributed by atoms with Crippen LogP contribution < -0.4 is 5.32 Å². The predicted molar refractivity (Wildman–Crippen MR) is 88.9 cm³/mol. The lowest BCUT2D eigenvalue weighted by Crippen LogP contribution is -2.44. The van der Waals surface area contributed by atoms with Crippen molar-refractivity contribution in [2.75, 3.05) is 6.61 Å². The zero-order chi connectivity index (χ0) is 15.8. The Hall–Kier alpha value is -2.21. The summed E-state index contributed by atoms with van der Waals surface area (Å²) in [6.45, 7) is -0.574. The Morgan fingerprint density at radius 2 is 1.35 bits per heavy atom. The molecule has 0 spiro atoms. The summed E-state index contributed by atoms with van der Waals surface area (Å²) in [5, 5.41) is 21.1. The van der Waals surface area contributed by atoms with Crippen LogP contribution >= 0.6 is 0 Å². The molecule has 0 aliphatic rings. The summed E-state index contributed by atoms with van der Waals surface area (Å²) in [7, 11) is 0. The molecule has 5 nitrogen and oxygen atoms in total. The highest BCUT2D eigenvalue weighted by Crippen LogP contribution is 2.09. The highest BCUT2D eigenvalue weighted by molar-refractivity contribution is 5.80. The summed E-state index contributed by atoms with van der Waals surface area (Å²) in [6, 6.07) is 19.6. The van der Waals surface area contributed by atoms with Crippen LogP contribution in [0.1, 0.15) is 11.1 Å². The van der Waals surface area contributed by atoms with Crippen LogP contribution in [0, 0.1) is 0 Å². The fourth-order valence-electron chi connectivity index (χ4n) is 2.35. The lowest BCUT2D eigenvalue weighted by atomic mass is 9.98. The molecule has 0 heterocycles. The topological polar surface area (TPSA) is 101 Å². The Morgan fingerprint density at radius 1 is 0.913 bits per heavy atom. The molecular weight excluding hydrogens is 294 g/mol. The first kappa shape index (κ1) is 18.8. The Balaban J connectivity index is 0.00000264. The monoisotopic (exact) mass is 317 g/mol. The van der Waals surface area contributed by atoms with Crippen molar-refractivity contribution in [3.63, 3.8) is 0 Å². The number of hydrogen-bond acceptors (Lipinski definition) is 3. The molecule has 0 aliphatic carbocycles. The second-order valence-corrected chi connectivity index (χ2v) is 5.28. The zero-order valence-electron chi connectivity index (χ0n) is 12.9. The molecule has 1 atom stereocenters. The Labute approximate surface area is 135 Å². The number of aliphatic hydroxyl groups is 2. The standard InChI is InChI=1S/C18H21NO3.H2O/c20-13-17(21)18(22)19-16(11-14-7-3-1-4-8-14)12-15-9-5-2-6-10-15;/h1-10,16-17,20-21H,11-13H2,(H,19,22);1H2. The van der Waals surface area contributed by atoms with E-state index in [1.807, 2.05) is 60.7 Å². The molecule has 0 saturated heterocycles. The van der Waals surface area contributed by atoms with Crippen molar-refractivity contribution in [3.8, 4) is 0 Å². The first-order valence-electron chi connectivity index (χ1n) is 7.36. The summed E-state index contributed by atoms with van der Waals surface area (Å²) < 4.78 is 0. The third-order valence-corrected chi connectivity index (χ3v) is 3.47. The molecule has 0 aromatic heterocycles. The van der Waals surface area contributed by atoms with Gasteiger partial charge in [0.15, 0.2) is 6.10 Å². The van der Waals surface area contributed by atoms with E-state index in [0.717, 1.165) is 11.1 Å². The van der Waals surface area contributed by atoms with Gasteiger partial charge in [0.05, 0.1) is 6.61 Å². The maximum absolute atomic E-state index is 11.8. The smallest absolute Gasteiger partial charge is 0.251 e. The van der Waals surface area contributed by atoms with Crippen molar-refractivity contribution in [3.05, 3.63) is 71.8 Å². The fourth-order valence-corrected chi connectivity index (χ4v) is 2.35. The zero-order valence-corrected chi connectivity index (χ0v) is 12.9. The summed E-state index contributed by atoms with van der Waals surface area (Å²) in [4.78, 5) is 11.8. The number of amides is 1. The average molecular weight is 317 g/mol. The van der Waals surface area contributed by atoms with Crippen LogP contribution in [0.5, 0.6) is 0 Å². The van der Waals surface area contributed by atoms with Crippen LogP contribution in [0.4, 0.5) is 0 Å². The van der Waals surface area contributed by atoms with E-state index in [0.29, 0.717) is 12.8 Å². The molecule has 0 saturated carbocycles. The lowest BCUT2D eigenvalue weighted by Gasteiger charge is -2.20. The fraction of sp³-hybridized carbons (Fsp3) is 0.278.